The van der Waals surface area contributed by atoms with Crippen LogP contribution in [0.3, 0.4) is 0 Å². The first-order valence-corrected chi connectivity index (χ1v) is 10.8. The van der Waals surface area contributed by atoms with Gasteiger partial charge >= 0.3 is 0 Å². The summed E-state index contributed by atoms with van der Waals surface area (Å²) in [4.78, 5) is 18.7. The molecule has 142 valence electrons. The van der Waals surface area contributed by atoms with E-state index in [1.165, 1.54) is 0 Å². The van der Waals surface area contributed by atoms with Gasteiger partial charge in [-0.15, -0.1) is 0 Å². The van der Waals surface area contributed by atoms with Crippen LogP contribution in [0, 0.1) is 5.92 Å². The SMILES string of the molecule is CC(Cc1ccccn1)NS(=O)(=O)c1ccc2c(c1)CCN2C(=O)C1CC1. The fourth-order valence-electron chi connectivity index (χ4n) is 3.53. The predicted octanol–water partition coefficient (Wildman–Crippen LogP) is 2.29. The molecule has 1 unspecified atom stereocenters. The molecule has 0 saturated heterocycles. The number of sulfonamides is 1. The highest BCUT2D eigenvalue weighted by atomic mass is 32.2. The van der Waals surface area contributed by atoms with E-state index in [1.54, 1.807) is 29.3 Å². The molecule has 2 aromatic rings. The van der Waals surface area contributed by atoms with Gasteiger partial charge in [-0.2, -0.15) is 0 Å². The maximum Gasteiger partial charge on any atom is 0.240 e. The van der Waals surface area contributed by atoms with E-state index in [9.17, 15) is 13.2 Å². The molecule has 1 aliphatic carbocycles. The van der Waals surface area contributed by atoms with Crippen LogP contribution in [0.1, 0.15) is 31.0 Å². The second-order valence-electron chi connectivity index (χ2n) is 7.35. The minimum absolute atomic E-state index is 0.161. The second-order valence-corrected chi connectivity index (χ2v) is 9.07. The number of aromatic nitrogens is 1. The van der Waals surface area contributed by atoms with E-state index in [0.717, 1.165) is 29.8 Å². The van der Waals surface area contributed by atoms with Crippen molar-refractivity contribution >= 4 is 21.6 Å². The number of pyridine rings is 1. The van der Waals surface area contributed by atoms with E-state index in [0.29, 0.717) is 19.4 Å². The Kier molecular flexibility index (Phi) is 4.74. The largest absolute Gasteiger partial charge is 0.312 e. The Bertz CT molecular complexity index is 956. The van der Waals surface area contributed by atoms with Gasteiger partial charge in [0.1, 0.15) is 0 Å². The Morgan fingerprint density at radius 1 is 1.30 bits per heavy atom. The van der Waals surface area contributed by atoms with E-state index < -0.39 is 10.0 Å². The number of hydrogen-bond acceptors (Lipinski definition) is 4. The average Bonchev–Trinajstić information content (AvgIpc) is 3.40. The zero-order chi connectivity index (χ0) is 19.0. The van der Waals surface area contributed by atoms with Gasteiger partial charge in [0.2, 0.25) is 15.9 Å². The monoisotopic (exact) mass is 385 g/mol. The molecule has 1 aliphatic heterocycles. The third kappa shape index (κ3) is 3.89. The van der Waals surface area contributed by atoms with Crippen LogP contribution in [0.2, 0.25) is 0 Å². The predicted molar refractivity (Wildman–Crippen MR) is 103 cm³/mol. The first-order chi connectivity index (χ1) is 12.9. The molecule has 1 saturated carbocycles. The fraction of sp³-hybridized carbons (Fsp3) is 0.400. The van der Waals surface area contributed by atoms with E-state index in [2.05, 4.69) is 9.71 Å². The second kappa shape index (κ2) is 7.05. The van der Waals surface area contributed by atoms with Crippen molar-refractivity contribution in [3.05, 3.63) is 53.9 Å². The van der Waals surface area contributed by atoms with Crippen molar-refractivity contribution in [2.75, 3.05) is 11.4 Å². The average molecular weight is 385 g/mol. The zero-order valence-corrected chi connectivity index (χ0v) is 16.1. The lowest BCUT2D eigenvalue weighted by Crippen LogP contribution is -2.34. The standard InChI is InChI=1S/C20H23N3O3S/c1-14(12-17-4-2-3-10-21-17)22-27(25,26)18-7-8-19-16(13-18)9-11-23(19)20(24)15-5-6-15/h2-4,7-8,10,13-15,22H,5-6,9,11-12H2,1H3. The molecule has 6 nitrogen and oxygen atoms in total. The molecule has 1 fully saturated rings. The number of hydrogen-bond donors (Lipinski definition) is 1. The third-order valence-electron chi connectivity index (χ3n) is 5.05. The Morgan fingerprint density at radius 2 is 2.11 bits per heavy atom. The summed E-state index contributed by atoms with van der Waals surface area (Å²) in [7, 11) is -3.62. The van der Waals surface area contributed by atoms with Crippen LogP contribution in [0.25, 0.3) is 0 Å². The molecule has 1 aromatic carbocycles. The summed E-state index contributed by atoms with van der Waals surface area (Å²) < 4.78 is 28.2. The summed E-state index contributed by atoms with van der Waals surface area (Å²) in [6, 6.07) is 10.4. The van der Waals surface area contributed by atoms with Gasteiger partial charge in [0.05, 0.1) is 4.90 Å². The number of nitrogens with one attached hydrogen (secondary N) is 1. The van der Waals surface area contributed by atoms with E-state index in [-0.39, 0.29) is 22.8 Å². The molecular formula is C20H23N3O3S. The Morgan fingerprint density at radius 3 is 2.81 bits per heavy atom. The molecule has 1 aromatic heterocycles. The number of carbonyl (C=O) groups excluding carboxylic acids is 1. The maximum atomic E-state index is 12.8. The Balaban J connectivity index is 1.48. The van der Waals surface area contributed by atoms with Crippen LogP contribution >= 0.6 is 0 Å². The molecule has 27 heavy (non-hydrogen) atoms. The van der Waals surface area contributed by atoms with Gasteiger partial charge < -0.3 is 4.90 Å². The number of amides is 1. The van der Waals surface area contributed by atoms with Crippen molar-refractivity contribution in [2.45, 2.75) is 43.5 Å². The molecule has 2 heterocycles. The molecule has 4 rings (SSSR count). The highest BCUT2D eigenvalue weighted by molar-refractivity contribution is 7.89. The summed E-state index contributed by atoms with van der Waals surface area (Å²) in [6.45, 7) is 2.47. The minimum atomic E-state index is -3.62. The number of anilines is 1. The lowest BCUT2D eigenvalue weighted by atomic mass is 10.2. The van der Waals surface area contributed by atoms with Crippen LogP contribution in [0.15, 0.2) is 47.5 Å². The summed E-state index contributed by atoms with van der Waals surface area (Å²) in [6.07, 6.45) is 4.85. The Labute approximate surface area is 159 Å². The van der Waals surface area contributed by atoms with Crippen molar-refractivity contribution in [3.8, 4) is 0 Å². The fourth-order valence-corrected chi connectivity index (χ4v) is 4.83. The van der Waals surface area contributed by atoms with E-state index >= 15 is 0 Å². The highest BCUT2D eigenvalue weighted by Gasteiger charge is 2.36. The molecule has 1 atom stereocenters. The first-order valence-electron chi connectivity index (χ1n) is 9.30. The first kappa shape index (κ1) is 18.1. The summed E-state index contributed by atoms with van der Waals surface area (Å²) >= 11 is 0. The quantitative estimate of drug-likeness (QED) is 0.827. The van der Waals surface area contributed by atoms with Gasteiger partial charge in [0.15, 0.2) is 0 Å². The minimum Gasteiger partial charge on any atom is -0.312 e. The number of fused-ring (bicyclic) bond motifs is 1. The molecular weight excluding hydrogens is 362 g/mol. The third-order valence-corrected chi connectivity index (χ3v) is 6.63. The van der Waals surface area contributed by atoms with Gasteiger partial charge in [0, 0.05) is 42.5 Å². The summed E-state index contributed by atoms with van der Waals surface area (Å²) in [5.74, 6) is 0.333. The van der Waals surface area contributed by atoms with Crippen LogP contribution in [-0.2, 0) is 27.7 Å². The van der Waals surface area contributed by atoms with Crippen molar-refractivity contribution in [1.82, 2.24) is 9.71 Å². The normalized spacial score (nSPS) is 17.6. The molecule has 0 bridgehead atoms. The van der Waals surface area contributed by atoms with Crippen molar-refractivity contribution < 1.29 is 13.2 Å². The van der Waals surface area contributed by atoms with Gasteiger partial charge in [0.25, 0.3) is 0 Å². The van der Waals surface area contributed by atoms with Gasteiger partial charge in [-0.3, -0.25) is 9.78 Å². The van der Waals surface area contributed by atoms with Crippen molar-refractivity contribution in [1.29, 1.82) is 0 Å². The van der Waals surface area contributed by atoms with Gasteiger partial charge in [-0.25, -0.2) is 13.1 Å². The molecule has 0 spiro atoms. The topological polar surface area (TPSA) is 79.4 Å². The van der Waals surface area contributed by atoms with E-state index in [4.69, 9.17) is 0 Å². The van der Waals surface area contributed by atoms with Crippen LogP contribution in [0.5, 0.6) is 0 Å². The van der Waals surface area contributed by atoms with Gasteiger partial charge in [-0.1, -0.05) is 6.07 Å². The number of nitrogens with zero attached hydrogens (tertiary/aromatic N) is 2. The lowest BCUT2D eigenvalue weighted by Gasteiger charge is -2.18. The van der Waals surface area contributed by atoms with Crippen molar-refractivity contribution in [2.24, 2.45) is 5.92 Å². The number of benzene rings is 1. The zero-order valence-electron chi connectivity index (χ0n) is 15.3. The molecule has 1 amide bonds. The van der Waals surface area contributed by atoms with Crippen LogP contribution < -0.4 is 9.62 Å². The maximum absolute atomic E-state index is 12.8. The highest BCUT2D eigenvalue weighted by Crippen LogP contribution is 2.37. The number of carbonyl (C=O) groups is 1. The number of rotatable bonds is 6. The summed E-state index contributed by atoms with van der Waals surface area (Å²) in [5.41, 5.74) is 2.62. The van der Waals surface area contributed by atoms with Crippen LogP contribution in [0.4, 0.5) is 5.69 Å². The van der Waals surface area contributed by atoms with E-state index in [1.807, 2.05) is 25.1 Å². The molecule has 1 N–H and O–H groups in total. The summed E-state index contributed by atoms with van der Waals surface area (Å²) in [5, 5.41) is 0. The molecule has 2 aliphatic rings. The molecule has 7 heteroatoms. The van der Waals surface area contributed by atoms with Gasteiger partial charge in [-0.05, 0) is 62.1 Å². The van der Waals surface area contributed by atoms with Crippen LogP contribution in [-0.4, -0.2) is 31.9 Å². The lowest BCUT2D eigenvalue weighted by molar-refractivity contribution is -0.119. The smallest absolute Gasteiger partial charge is 0.240 e. The Hall–Kier alpha value is -2.25. The molecule has 0 radical (unpaired) electrons. The van der Waals surface area contributed by atoms with Crippen molar-refractivity contribution in [3.63, 3.8) is 0 Å².